The molecule has 1 aromatic heterocycles. The Labute approximate surface area is 167 Å². The van der Waals surface area contributed by atoms with Gasteiger partial charge in [-0.1, -0.05) is 24.4 Å². The lowest BCUT2D eigenvalue weighted by atomic mass is 9.72. The minimum atomic E-state index is 0. The minimum Gasteiger partial charge on any atom is -0.396 e. The number of nitrogens with one attached hydrogen (secondary N) is 2. The van der Waals surface area contributed by atoms with E-state index in [4.69, 9.17) is 9.52 Å². The van der Waals surface area contributed by atoms with Gasteiger partial charge >= 0.3 is 0 Å². The number of rotatable bonds is 8. The summed E-state index contributed by atoms with van der Waals surface area (Å²) < 4.78 is 5.12. The fraction of sp³-hybridized carbons (Fsp3) is 0.824. The second-order valence-corrected chi connectivity index (χ2v) is 6.64. The third kappa shape index (κ3) is 7.47. The Morgan fingerprint density at radius 2 is 2.04 bits per heavy atom. The smallest absolute Gasteiger partial charge is 0.228 e. The van der Waals surface area contributed by atoms with Crippen molar-refractivity contribution < 1.29 is 9.63 Å². The molecule has 0 bridgehead atoms. The first-order valence-corrected chi connectivity index (χ1v) is 9.10. The molecular weight excluding hydrogens is 433 g/mol. The van der Waals surface area contributed by atoms with Crippen LogP contribution in [0.25, 0.3) is 0 Å². The Kier molecular flexibility index (Phi) is 10.3. The SMILES string of the molecule is CCNC(=NCC1(CCO)CCCCC1)NCCc1nc(C)no1.I. The van der Waals surface area contributed by atoms with E-state index in [0.717, 1.165) is 38.3 Å². The van der Waals surface area contributed by atoms with Crippen molar-refractivity contribution in [1.29, 1.82) is 0 Å². The molecule has 3 N–H and O–H groups in total. The van der Waals surface area contributed by atoms with Crippen molar-refractivity contribution in [2.75, 3.05) is 26.2 Å². The van der Waals surface area contributed by atoms with Crippen LogP contribution >= 0.6 is 24.0 Å². The molecular formula is C17H32IN5O2. The molecule has 1 fully saturated rings. The fourth-order valence-corrected chi connectivity index (χ4v) is 3.34. The van der Waals surface area contributed by atoms with E-state index in [1.165, 1.54) is 19.3 Å². The van der Waals surface area contributed by atoms with Gasteiger partial charge in [0.15, 0.2) is 11.8 Å². The normalized spacial score (nSPS) is 17.0. The van der Waals surface area contributed by atoms with Crippen LogP contribution in [0, 0.1) is 12.3 Å². The lowest BCUT2D eigenvalue weighted by molar-refractivity contribution is 0.137. The summed E-state index contributed by atoms with van der Waals surface area (Å²) in [7, 11) is 0. The number of aromatic nitrogens is 2. The molecule has 0 aromatic carbocycles. The highest BCUT2D eigenvalue weighted by Gasteiger charge is 2.31. The molecule has 1 heterocycles. The summed E-state index contributed by atoms with van der Waals surface area (Å²) in [5.74, 6) is 2.12. The maximum absolute atomic E-state index is 9.42. The fourth-order valence-electron chi connectivity index (χ4n) is 3.34. The average Bonchev–Trinajstić information content (AvgIpc) is 2.99. The van der Waals surface area contributed by atoms with Gasteiger partial charge in [-0.25, -0.2) is 0 Å². The predicted octanol–water partition coefficient (Wildman–Crippen LogP) is 2.43. The lowest BCUT2D eigenvalue weighted by Gasteiger charge is -2.35. The van der Waals surface area contributed by atoms with Crippen molar-refractivity contribution in [1.82, 2.24) is 20.8 Å². The van der Waals surface area contributed by atoms with Gasteiger partial charge in [-0.3, -0.25) is 4.99 Å². The molecule has 1 aliphatic carbocycles. The van der Waals surface area contributed by atoms with Crippen molar-refractivity contribution in [3.63, 3.8) is 0 Å². The third-order valence-electron chi connectivity index (χ3n) is 4.67. The summed E-state index contributed by atoms with van der Waals surface area (Å²) >= 11 is 0. The van der Waals surface area contributed by atoms with Gasteiger partial charge in [0, 0.05) is 32.7 Å². The first-order chi connectivity index (χ1) is 11.7. The number of hydrogen-bond acceptors (Lipinski definition) is 5. The van der Waals surface area contributed by atoms with Gasteiger partial charge in [0.05, 0.1) is 0 Å². The minimum absolute atomic E-state index is 0. The van der Waals surface area contributed by atoms with Gasteiger partial charge in [0.1, 0.15) is 0 Å². The van der Waals surface area contributed by atoms with E-state index >= 15 is 0 Å². The Morgan fingerprint density at radius 1 is 1.28 bits per heavy atom. The van der Waals surface area contributed by atoms with Gasteiger partial charge in [-0.2, -0.15) is 4.98 Å². The van der Waals surface area contributed by atoms with Crippen LogP contribution in [0.1, 0.15) is 57.2 Å². The largest absolute Gasteiger partial charge is 0.396 e. The van der Waals surface area contributed by atoms with Crippen LogP contribution in [-0.4, -0.2) is 47.4 Å². The topological polar surface area (TPSA) is 95.6 Å². The zero-order valence-corrected chi connectivity index (χ0v) is 17.7. The van der Waals surface area contributed by atoms with Gasteiger partial charge < -0.3 is 20.3 Å². The van der Waals surface area contributed by atoms with E-state index < -0.39 is 0 Å². The molecule has 2 rings (SSSR count). The van der Waals surface area contributed by atoms with Crippen LogP contribution in [0.2, 0.25) is 0 Å². The number of aryl methyl sites for hydroxylation is 1. The molecule has 0 saturated heterocycles. The van der Waals surface area contributed by atoms with E-state index in [-0.39, 0.29) is 36.0 Å². The van der Waals surface area contributed by atoms with Crippen LogP contribution in [0.3, 0.4) is 0 Å². The molecule has 1 aliphatic rings. The van der Waals surface area contributed by atoms with Gasteiger partial charge in [-0.15, -0.1) is 24.0 Å². The zero-order valence-electron chi connectivity index (χ0n) is 15.4. The summed E-state index contributed by atoms with van der Waals surface area (Å²) in [4.78, 5) is 8.98. The average molecular weight is 465 g/mol. The molecule has 144 valence electrons. The van der Waals surface area contributed by atoms with Gasteiger partial charge in [-0.05, 0) is 38.5 Å². The molecule has 7 nitrogen and oxygen atoms in total. The number of aliphatic hydroxyl groups is 1. The Balaban J connectivity index is 0.00000312. The van der Waals surface area contributed by atoms with E-state index in [1.54, 1.807) is 0 Å². The molecule has 25 heavy (non-hydrogen) atoms. The number of guanidine groups is 1. The van der Waals surface area contributed by atoms with E-state index in [1.807, 2.05) is 6.92 Å². The number of nitrogens with zero attached hydrogens (tertiary/aromatic N) is 3. The first kappa shape index (κ1) is 22.1. The van der Waals surface area contributed by atoms with Crippen molar-refractivity contribution in [2.24, 2.45) is 10.4 Å². The predicted molar refractivity (Wildman–Crippen MR) is 109 cm³/mol. The molecule has 0 radical (unpaired) electrons. The monoisotopic (exact) mass is 465 g/mol. The van der Waals surface area contributed by atoms with E-state index in [0.29, 0.717) is 24.7 Å². The van der Waals surface area contributed by atoms with Crippen LogP contribution in [0.15, 0.2) is 9.52 Å². The van der Waals surface area contributed by atoms with E-state index in [9.17, 15) is 5.11 Å². The number of aliphatic imine (C=N–C) groups is 1. The molecule has 0 unspecified atom stereocenters. The molecule has 0 aliphatic heterocycles. The quantitative estimate of drug-likeness (QED) is 0.310. The second-order valence-electron chi connectivity index (χ2n) is 6.64. The zero-order chi connectivity index (χ0) is 17.3. The summed E-state index contributed by atoms with van der Waals surface area (Å²) in [6.45, 7) is 6.40. The summed E-state index contributed by atoms with van der Waals surface area (Å²) in [5.41, 5.74) is 0.166. The maximum atomic E-state index is 9.42. The van der Waals surface area contributed by atoms with Crippen molar-refractivity contribution in [2.45, 2.75) is 58.8 Å². The highest BCUT2D eigenvalue weighted by atomic mass is 127. The lowest BCUT2D eigenvalue weighted by Crippen LogP contribution is -2.40. The van der Waals surface area contributed by atoms with Crippen LogP contribution in [0.4, 0.5) is 0 Å². The summed E-state index contributed by atoms with van der Waals surface area (Å²) in [5, 5.41) is 19.8. The standard InChI is InChI=1S/C17H31N5O2.HI/c1-3-18-16(19-11-7-15-21-14(2)22-24-15)20-13-17(10-12-23)8-5-4-6-9-17;/h23H,3-13H2,1-2H3,(H2,18,19,20);1H. The Morgan fingerprint density at radius 3 is 2.64 bits per heavy atom. The molecule has 1 aromatic rings. The first-order valence-electron chi connectivity index (χ1n) is 9.10. The van der Waals surface area contributed by atoms with E-state index in [2.05, 4.69) is 27.7 Å². The number of hydrogen-bond donors (Lipinski definition) is 3. The van der Waals surface area contributed by atoms with Crippen molar-refractivity contribution in [3.05, 3.63) is 11.7 Å². The highest BCUT2D eigenvalue weighted by Crippen LogP contribution is 2.39. The number of aliphatic hydroxyl groups excluding tert-OH is 1. The van der Waals surface area contributed by atoms with Crippen LogP contribution < -0.4 is 10.6 Å². The third-order valence-corrected chi connectivity index (χ3v) is 4.67. The summed E-state index contributed by atoms with van der Waals surface area (Å²) in [6.07, 6.45) is 7.64. The van der Waals surface area contributed by atoms with Crippen LogP contribution in [0.5, 0.6) is 0 Å². The van der Waals surface area contributed by atoms with Gasteiger partial charge in [0.2, 0.25) is 5.89 Å². The number of halogens is 1. The van der Waals surface area contributed by atoms with Gasteiger partial charge in [0.25, 0.3) is 0 Å². The van der Waals surface area contributed by atoms with Crippen molar-refractivity contribution >= 4 is 29.9 Å². The maximum Gasteiger partial charge on any atom is 0.228 e. The highest BCUT2D eigenvalue weighted by molar-refractivity contribution is 14.0. The molecule has 1 saturated carbocycles. The summed E-state index contributed by atoms with van der Waals surface area (Å²) in [6, 6.07) is 0. The Bertz CT molecular complexity index is 509. The molecule has 0 atom stereocenters. The molecule has 8 heteroatoms. The second kappa shape index (κ2) is 11.7. The van der Waals surface area contributed by atoms with Crippen LogP contribution in [-0.2, 0) is 6.42 Å². The van der Waals surface area contributed by atoms with Crippen molar-refractivity contribution in [3.8, 4) is 0 Å². The Hall–Kier alpha value is -0.900. The molecule has 0 spiro atoms. The molecule has 0 amide bonds.